The summed E-state index contributed by atoms with van der Waals surface area (Å²) in [7, 11) is 0. The first-order chi connectivity index (χ1) is 9.11. The summed E-state index contributed by atoms with van der Waals surface area (Å²) in [6, 6.07) is 5.08. The normalized spacial score (nSPS) is 11.1. The Morgan fingerprint density at radius 1 is 1.32 bits per heavy atom. The molecule has 2 aromatic rings. The molecule has 0 unspecified atom stereocenters. The molecule has 100 valence electrons. The molecule has 1 heterocycles. The number of aryl methyl sites for hydroxylation is 2. The van der Waals surface area contributed by atoms with E-state index in [2.05, 4.69) is 15.3 Å². The molecular formula is C13H16N4O2. The Bertz CT molecular complexity index is 585. The van der Waals surface area contributed by atoms with E-state index in [0.29, 0.717) is 12.4 Å². The van der Waals surface area contributed by atoms with Crippen LogP contribution in [0.5, 0.6) is 11.5 Å². The minimum Gasteiger partial charge on any atom is -0.504 e. The highest BCUT2D eigenvalue weighted by Crippen LogP contribution is 2.26. The van der Waals surface area contributed by atoms with Crippen LogP contribution in [-0.2, 0) is 0 Å². The molecule has 0 fully saturated rings. The van der Waals surface area contributed by atoms with Crippen LogP contribution < -0.4 is 4.74 Å². The van der Waals surface area contributed by atoms with Gasteiger partial charge >= 0.3 is 0 Å². The Hall–Kier alpha value is -2.37. The summed E-state index contributed by atoms with van der Waals surface area (Å²) in [4.78, 5) is 0. The molecule has 0 aliphatic heterocycles. The maximum atomic E-state index is 9.61. The van der Waals surface area contributed by atoms with Crippen molar-refractivity contribution in [1.29, 1.82) is 0 Å². The lowest BCUT2D eigenvalue weighted by atomic mass is 10.2. The van der Waals surface area contributed by atoms with Gasteiger partial charge in [-0.05, 0) is 44.5 Å². The van der Waals surface area contributed by atoms with Gasteiger partial charge in [-0.1, -0.05) is 0 Å². The van der Waals surface area contributed by atoms with E-state index >= 15 is 0 Å². The van der Waals surface area contributed by atoms with Crippen molar-refractivity contribution in [3.05, 3.63) is 35.4 Å². The van der Waals surface area contributed by atoms with Gasteiger partial charge in [0.1, 0.15) is 0 Å². The third kappa shape index (κ3) is 2.90. The van der Waals surface area contributed by atoms with Crippen LogP contribution in [0.15, 0.2) is 23.3 Å². The Kier molecular flexibility index (Phi) is 3.79. The van der Waals surface area contributed by atoms with Crippen molar-refractivity contribution in [2.75, 3.05) is 6.61 Å². The zero-order valence-electron chi connectivity index (χ0n) is 11.2. The summed E-state index contributed by atoms with van der Waals surface area (Å²) in [5, 5.41) is 21.8. The van der Waals surface area contributed by atoms with Crippen molar-refractivity contribution in [1.82, 2.24) is 14.9 Å². The van der Waals surface area contributed by atoms with E-state index in [1.807, 2.05) is 20.8 Å². The number of rotatable bonds is 4. The number of aromatic hydroxyl groups is 1. The average molecular weight is 260 g/mol. The first-order valence-corrected chi connectivity index (χ1v) is 6.00. The zero-order valence-corrected chi connectivity index (χ0v) is 11.2. The smallest absolute Gasteiger partial charge is 0.161 e. The lowest BCUT2D eigenvalue weighted by Gasteiger charge is -2.06. The van der Waals surface area contributed by atoms with Gasteiger partial charge in [0, 0.05) is 0 Å². The molecule has 0 aliphatic carbocycles. The van der Waals surface area contributed by atoms with Crippen molar-refractivity contribution in [3.63, 3.8) is 0 Å². The number of phenolic OH excluding ortho intramolecular Hbond substituents is 1. The predicted octanol–water partition coefficient (Wildman–Crippen LogP) is 1.88. The molecule has 6 heteroatoms. The highest BCUT2D eigenvalue weighted by atomic mass is 16.5. The number of phenols is 1. The van der Waals surface area contributed by atoms with E-state index < -0.39 is 0 Å². The summed E-state index contributed by atoms with van der Waals surface area (Å²) in [5.41, 5.74) is 0.828. The second-order valence-electron chi connectivity index (χ2n) is 4.01. The number of nitrogens with zero attached hydrogens (tertiary/aromatic N) is 4. The predicted molar refractivity (Wildman–Crippen MR) is 71.8 cm³/mol. The molecule has 0 amide bonds. The van der Waals surface area contributed by atoms with E-state index in [0.717, 1.165) is 17.2 Å². The second kappa shape index (κ2) is 5.51. The molecule has 0 atom stereocenters. The fourth-order valence-electron chi connectivity index (χ4n) is 1.64. The molecule has 0 saturated heterocycles. The van der Waals surface area contributed by atoms with Crippen molar-refractivity contribution >= 4 is 6.21 Å². The molecule has 1 N–H and O–H groups in total. The number of ether oxygens (including phenoxy) is 1. The van der Waals surface area contributed by atoms with Crippen molar-refractivity contribution in [3.8, 4) is 11.5 Å². The van der Waals surface area contributed by atoms with Gasteiger partial charge in [-0.25, -0.2) is 4.68 Å². The molecule has 2 rings (SSSR count). The maximum Gasteiger partial charge on any atom is 0.161 e. The zero-order chi connectivity index (χ0) is 13.8. The van der Waals surface area contributed by atoms with Gasteiger partial charge in [0.05, 0.1) is 12.8 Å². The van der Waals surface area contributed by atoms with Crippen molar-refractivity contribution in [2.24, 2.45) is 5.10 Å². The molecule has 0 radical (unpaired) electrons. The van der Waals surface area contributed by atoms with Crippen molar-refractivity contribution in [2.45, 2.75) is 20.8 Å². The van der Waals surface area contributed by atoms with Gasteiger partial charge < -0.3 is 9.84 Å². The summed E-state index contributed by atoms with van der Waals surface area (Å²) in [5.74, 6) is 2.01. The van der Waals surface area contributed by atoms with Crippen LogP contribution in [0.3, 0.4) is 0 Å². The van der Waals surface area contributed by atoms with E-state index in [1.54, 1.807) is 29.1 Å². The largest absolute Gasteiger partial charge is 0.504 e. The van der Waals surface area contributed by atoms with E-state index in [1.165, 1.54) is 0 Å². The monoisotopic (exact) mass is 260 g/mol. The van der Waals surface area contributed by atoms with Crippen LogP contribution in [-0.4, -0.2) is 32.8 Å². The average Bonchev–Trinajstić information content (AvgIpc) is 2.70. The highest BCUT2D eigenvalue weighted by molar-refractivity contribution is 5.80. The first kappa shape index (κ1) is 13.1. The Balaban J connectivity index is 2.26. The van der Waals surface area contributed by atoms with Gasteiger partial charge in [0.15, 0.2) is 23.1 Å². The molecule has 0 aliphatic rings. The molecule has 6 nitrogen and oxygen atoms in total. The fraction of sp³-hybridized carbons (Fsp3) is 0.308. The summed E-state index contributed by atoms with van der Waals surface area (Å²) < 4.78 is 6.96. The molecule has 0 spiro atoms. The lowest BCUT2D eigenvalue weighted by Crippen LogP contribution is -1.97. The van der Waals surface area contributed by atoms with Crippen LogP contribution >= 0.6 is 0 Å². The standard InChI is InChI=1S/C13H16N4O2/c1-4-19-13-7-11(5-6-12(13)18)8-14-17-9(2)15-16-10(17)3/h5-8,18H,4H2,1-3H3. The summed E-state index contributed by atoms with van der Waals surface area (Å²) in [6.07, 6.45) is 1.67. The molecule has 19 heavy (non-hydrogen) atoms. The van der Waals surface area contributed by atoms with E-state index in [4.69, 9.17) is 4.74 Å². The Labute approximate surface area is 111 Å². The first-order valence-electron chi connectivity index (χ1n) is 6.00. The van der Waals surface area contributed by atoms with Crippen LogP contribution in [0.2, 0.25) is 0 Å². The Morgan fingerprint density at radius 2 is 2.00 bits per heavy atom. The highest BCUT2D eigenvalue weighted by Gasteiger charge is 2.04. The second-order valence-corrected chi connectivity index (χ2v) is 4.01. The summed E-state index contributed by atoms with van der Waals surface area (Å²) >= 11 is 0. The van der Waals surface area contributed by atoms with Gasteiger partial charge in [-0.15, -0.1) is 10.2 Å². The van der Waals surface area contributed by atoms with Gasteiger partial charge in [-0.3, -0.25) is 0 Å². The number of aromatic nitrogens is 3. The molecule has 0 saturated carbocycles. The minimum absolute atomic E-state index is 0.121. The molecule has 0 bridgehead atoms. The van der Waals surface area contributed by atoms with Gasteiger partial charge in [-0.2, -0.15) is 5.10 Å². The van der Waals surface area contributed by atoms with Crippen LogP contribution in [0, 0.1) is 13.8 Å². The van der Waals surface area contributed by atoms with Crippen LogP contribution in [0.4, 0.5) is 0 Å². The number of benzene rings is 1. The third-order valence-electron chi connectivity index (χ3n) is 2.56. The maximum absolute atomic E-state index is 9.61. The van der Waals surface area contributed by atoms with Gasteiger partial charge in [0.25, 0.3) is 0 Å². The quantitative estimate of drug-likeness (QED) is 0.852. The van der Waals surface area contributed by atoms with Crippen LogP contribution in [0.25, 0.3) is 0 Å². The van der Waals surface area contributed by atoms with E-state index in [9.17, 15) is 5.11 Å². The third-order valence-corrected chi connectivity index (χ3v) is 2.56. The SMILES string of the molecule is CCOc1cc(C=Nn2c(C)nnc2C)ccc1O. The van der Waals surface area contributed by atoms with Crippen molar-refractivity contribution < 1.29 is 9.84 Å². The fourth-order valence-corrected chi connectivity index (χ4v) is 1.64. The molecular weight excluding hydrogens is 244 g/mol. The summed E-state index contributed by atoms with van der Waals surface area (Å²) in [6.45, 7) is 6.03. The van der Waals surface area contributed by atoms with E-state index in [-0.39, 0.29) is 5.75 Å². The molecule has 1 aromatic heterocycles. The van der Waals surface area contributed by atoms with Gasteiger partial charge in [0.2, 0.25) is 0 Å². The minimum atomic E-state index is 0.121. The lowest BCUT2D eigenvalue weighted by molar-refractivity contribution is 0.318. The molecule has 1 aromatic carbocycles. The topological polar surface area (TPSA) is 72.5 Å². The number of hydrogen-bond donors (Lipinski definition) is 1. The number of hydrogen-bond acceptors (Lipinski definition) is 5. The van der Waals surface area contributed by atoms with Crippen LogP contribution in [0.1, 0.15) is 24.1 Å². The Morgan fingerprint density at radius 3 is 2.63 bits per heavy atom.